The van der Waals surface area contributed by atoms with Gasteiger partial charge in [-0.3, -0.25) is 9.59 Å². The lowest BCUT2D eigenvalue weighted by Gasteiger charge is -2.28. The molecule has 0 atom stereocenters. The van der Waals surface area contributed by atoms with Crippen LogP contribution in [-0.4, -0.2) is 24.9 Å². The van der Waals surface area contributed by atoms with Crippen LogP contribution < -0.4 is 10.6 Å². The van der Waals surface area contributed by atoms with Gasteiger partial charge in [-0.2, -0.15) is 0 Å². The van der Waals surface area contributed by atoms with Crippen molar-refractivity contribution in [3.63, 3.8) is 0 Å². The van der Waals surface area contributed by atoms with Gasteiger partial charge in [-0.25, -0.2) is 0 Å². The highest BCUT2D eigenvalue weighted by atomic mass is 32.1. The lowest BCUT2D eigenvalue weighted by Crippen LogP contribution is -2.43. The molecule has 1 aromatic heterocycles. The molecule has 1 aromatic carbocycles. The molecule has 2 amide bonds. The number of amides is 2. The van der Waals surface area contributed by atoms with Crippen LogP contribution in [0.25, 0.3) is 0 Å². The zero-order valence-corrected chi connectivity index (χ0v) is 16.0. The summed E-state index contributed by atoms with van der Waals surface area (Å²) in [5, 5.41) is 7.84. The Kier molecular flexibility index (Phi) is 6.09. The van der Waals surface area contributed by atoms with Crippen LogP contribution in [0.3, 0.4) is 0 Å². The minimum Gasteiger partial charge on any atom is -0.354 e. The largest absolute Gasteiger partial charge is 0.354 e. The standard InChI is InChI=1S/C21H26N2O2S/c1-2-16-7-9-17(10-8-16)20(25)22-14-19(24)23-15-21(11-3-4-12-21)18-6-5-13-26-18/h5-10,13H,2-4,11-12,14-15H2,1H3,(H,22,25)(H,23,24). The first-order valence-corrected chi connectivity index (χ1v) is 10.2. The first-order chi connectivity index (χ1) is 12.6. The van der Waals surface area contributed by atoms with E-state index in [0.29, 0.717) is 12.1 Å². The third-order valence-corrected chi connectivity index (χ3v) is 6.38. The molecule has 0 saturated heterocycles. The molecule has 26 heavy (non-hydrogen) atoms. The number of hydrogen-bond donors (Lipinski definition) is 2. The van der Waals surface area contributed by atoms with E-state index in [-0.39, 0.29) is 23.8 Å². The van der Waals surface area contributed by atoms with Crippen molar-refractivity contribution in [3.8, 4) is 0 Å². The van der Waals surface area contributed by atoms with E-state index in [0.717, 1.165) is 19.3 Å². The summed E-state index contributed by atoms with van der Waals surface area (Å²) in [6.45, 7) is 2.73. The third-order valence-electron chi connectivity index (χ3n) is 5.26. The Morgan fingerprint density at radius 1 is 1.08 bits per heavy atom. The number of carbonyl (C=O) groups excluding carboxylic acids is 2. The van der Waals surface area contributed by atoms with Gasteiger partial charge in [0.05, 0.1) is 6.54 Å². The van der Waals surface area contributed by atoms with Gasteiger partial charge in [0, 0.05) is 22.4 Å². The Labute approximate surface area is 159 Å². The second kappa shape index (κ2) is 8.49. The van der Waals surface area contributed by atoms with Crippen LogP contribution in [0.1, 0.15) is 53.4 Å². The summed E-state index contributed by atoms with van der Waals surface area (Å²) >= 11 is 1.77. The molecule has 1 heterocycles. The van der Waals surface area contributed by atoms with Crippen LogP contribution in [0.5, 0.6) is 0 Å². The van der Waals surface area contributed by atoms with Crippen molar-refractivity contribution in [3.05, 3.63) is 57.8 Å². The Morgan fingerprint density at radius 3 is 2.42 bits per heavy atom. The molecule has 138 valence electrons. The second-order valence-electron chi connectivity index (χ2n) is 6.97. The van der Waals surface area contributed by atoms with Crippen LogP contribution >= 0.6 is 11.3 Å². The molecule has 1 aliphatic carbocycles. The lowest BCUT2D eigenvalue weighted by molar-refractivity contribution is -0.120. The summed E-state index contributed by atoms with van der Waals surface area (Å²) in [6, 6.07) is 11.7. The molecule has 0 aliphatic heterocycles. The molecule has 5 heteroatoms. The van der Waals surface area contributed by atoms with Gasteiger partial charge in [0.25, 0.3) is 5.91 Å². The average Bonchev–Trinajstić information content (AvgIpc) is 3.37. The number of aryl methyl sites for hydroxylation is 1. The zero-order chi connectivity index (χ0) is 18.4. The Morgan fingerprint density at radius 2 is 1.81 bits per heavy atom. The number of rotatable bonds is 7. The van der Waals surface area contributed by atoms with Gasteiger partial charge in [-0.1, -0.05) is 38.0 Å². The molecule has 1 aliphatic rings. The van der Waals surface area contributed by atoms with Crippen LogP contribution in [0.2, 0.25) is 0 Å². The highest BCUT2D eigenvalue weighted by Gasteiger charge is 2.36. The minimum atomic E-state index is -0.211. The van der Waals surface area contributed by atoms with Gasteiger partial charge < -0.3 is 10.6 Å². The predicted octanol–water partition coefficient (Wildman–Crippen LogP) is 3.67. The highest BCUT2D eigenvalue weighted by molar-refractivity contribution is 7.10. The topological polar surface area (TPSA) is 58.2 Å². The number of carbonyl (C=O) groups is 2. The van der Waals surface area contributed by atoms with Gasteiger partial charge in [0.2, 0.25) is 5.91 Å². The highest BCUT2D eigenvalue weighted by Crippen LogP contribution is 2.42. The maximum atomic E-state index is 12.2. The lowest BCUT2D eigenvalue weighted by atomic mass is 9.84. The molecule has 0 spiro atoms. The monoisotopic (exact) mass is 370 g/mol. The molecule has 4 nitrogen and oxygen atoms in total. The van der Waals surface area contributed by atoms with E-state index in [1.165, 1.54) is 23.3 Å². The quantitative estimate of drug-likeness (QED) is 0.781. The van der Waals surface area contributed by atoms with Crippen LogP contribution in [-0.2, 0) is 16.6 Å². The van der Waals surface area contributed by atoms with Gasteiger partial charge in [-0.05, 0) is 48.4 Å². The smallest absolute Gasteiger partial charge is 0.251 e. The van der Waals surface area contributed by atoms with E-state index in [2.05, 4.69) is 35.1 Å². The molecule has 0 radical (unpaired) electrons. The Balaban J connectivity index is 1.50. The van der Waals surface area contributed by atoms with Crippen LogP contribution in [0.15, 0.2) is 41.8 Å². The van der Waals surface area contributed by atoms with Gasteiger partial charge in [0.1, 0.15) is 0 Å². The summed E-state index contributed by atoms with van der Waals surface area (Å²) in [5.41, 5.74) is 1.85. The molecular formula is C21H26N2O2S. The molecular weight excluding hydrogens is 344 g/mol. The fourth-order valence-electron chi connectivity index (χ4n) is 3.63. The molecule has 0 bridgehead atoms. The number of thiophene rings is 1. The SMILES string of the molecule is CCc1ccc(C(=O)NCC(=O)NCC2(c3cccs3)CCCC2)cc1. The molecule has 3 rings (SSSR count). The van der Waals surface area contributed by atoms with Crippen molar-refractivity contribution in [1.82, 2.24) is 10.6 Å². The molecule has 2 aromatic rings. The van der Waals surface area contributed by atoms with E-state index in [9.17, 15) is 9.59 Å². The van der Waals surface area contributed by atoms with E-state index >= 15 is 0 Å². The van der Waals surface area contributed by atoms with E-state index < -0.39 is 0 Å². The number of hydrogen-bond acceptors (Lipinski definition) is 3. The fraction of sp³-hybridized carbons (Fsp3) is 0.429. The van der Waals surface area contributed by atoms with E-state index in [4.69, 9.17) is 0 Å². The summed E-state index contributed by atoms with van der Waals surface area (Å²) < 4.78 is 0. The normalized spacial score (nSPS) is 15.6. The molecule has 0 unspecified atom stereocenters. The Hall–Kier alpha value is -2.14. The molecule has 1 saturated carbocycles. The number of nitrogens with one attached hydrogen (secondary N) is 2. The first-order valence-electron chi connectivity index (χ1n) is 9.31. The van der Waals surface area contributed by atoms with Crippen molar-refractivity contribution >= 4 is 23.2 Å². The molecule has 2 N–H and O–H groups in total. The van der Waals surface area contributed by atoms with Crippen molar-refractivity contribution in [2.75, 3.05) is 13.1 Å². The van der Waals surface area contributed by atoms with Crippen molar-refractivity contribution in [2.24, 2.45) is 0 Å². The predicted molar refractivity (Wildman–Crippen MR) is 106 cm³/mol. The Bertz CT molecular complexity index is 732. The van der Waals surface area contributed by atoms with Crippen LogP contribution in [0.4, 0.5) is 0 Å². The average molecular weight is 371 g/mol. The fourth-order valence-corrected chi connectivity index (χ4v) is 4.61. The first kappa shape index (κ1) is 18.6. The van der Waals surface area contributed by atoms with E-state index in [1.807, 2.05) is 12.1 Å². The van der Waals surface area contributed by atoms with Crippen molar-refractivity contribution in [1.29, 1.82) is 0 Å². The van der Waals surface area contributed by atoms with Crippen molar-refractivity contribution in [2.45, 2.75) is 44.4 Å². The van der Waals surface area contributed by atoms with Crippen LogP contribution in [0, 0.1) is 0 Å². The van der Waals surface area contributed by atoms with Crippen molar-refractivity contribution < 1.29 is 9.59 Å². The summed E-state index contributed by atoms with van der Waals surface area (Å²) in [7, 11) is 0. The third kappa shape index (κ3) is 4.33. The summed E-state index contributed by atoms with van der Waals surface area (Å²) in [6.07, 6.45) is 5.58. The number of benzene rings is 1. The van der Waals surface area contributed by atoms with E-state index in [1.54, 1.807) is 23.5 Å². The maximum Gasteiger partial charge on any atom is 0.251 e. The zero-order valence-electron chi connectivity index (χ0n) is 15.2. The maximum absolute atomic E-state index is 12.2. The van der Waals surface area contributed by atoms with Gasteiger partial charge >= 0.3 is 0 Å². The second-order valence-corrected chi connectivity index (χ2v) is 7.92. The molecule has 1 fully saturated rings. The summed E-state index contributed by atoms with van der Waals surface area (Å²) in [5.74, 6) is -0.344. The minimum absolute atomic E-state index is 0.00881. The van der Waals surface area contributed by atoms with Gasteiger partial charge in [0.15, 0.2) is 0 Å². The summed E-state index contributed by atoms with van der Waals surface area (Å²) in [4.78, 5) is 25.8. The van der Waals surface area contributed by atoms with Gasteiger partial charge in [-0.15, -0.1) is 11.3 Å².